The third-order valence-electron chi connectivity index (χ3n) is 3.13. The highest BCUT2D eigenvalue weighted by atomic mass is 35.5. The van der Waals surface area contributed by atoms with Crippen LogP contribution in [0.4, 0.5) is 0 Å². The van der Waals surface area contributed by atoms with Gasteiger partial charge in [-0.05, 0) is 56.7 Å². The molecule has 0 saturated heterocycles. The van der Waals surface area contributed by atoms with E-state index in [4.69, 9.17) is 16.3 Å². The van der Waals surface area contributed by atoms with Gasteiger partial charge in [-0.25, -0.2) is 0 Å². The summed E-state index contributed by atoms with van der Waals surface area (Å²) in [6.45, 7) is 7.76. The second-order valence-corrected chi connectivity index (χ2v) is 4.96. The maximum absolute atomic E-state index is 5.91. The Bertz CT molecular complexity index is 526. The number of aromatic nitrogens is 1. The minimum absolute atomic E-state index is 0.666. The molecule has 0 bridgehead atoms. The Hall–Kier alpha value is -1.41. The lowest BCUT2D eigenvalue weighted by Crippen LogP contribution is -2.10. The number of aryl methyl sites for hydroxylation is 3. The lowest BCUT2D eigenvalue weighted by Gasteiger charge is -2.12. The minimum Gasteiger partial charge on any atom is -0.491 e. The quantitative estimate of drug-likeness (QED) is 0.808. The van der Waals surface area contributed by atoms with Gasteiger partial charge in [-0.1, -0.05) is 11.6 Å². The number of nitrogens with zero attached hydrogens (tertiary/aromatic N) is 1. The van der Waals surface area contributed by atoms with Crippen molar-refractivity contribution in [3.8, 4) is 5.75 Å². The predicted octanol–water partition coefficient (Wildman–Crippen LogP) is 4.15. The minimum atomic E-state index is 0.666. The monoisotopic (exact) mass is 263 g/mol. The highest BCUT2D eigenvalue weighted by Crippen LogP contribution is 2.21. The van der Waals surface area contributed by atoms with Gasteiger partial charge in [0.05, 0.1) is 6.54 Å². The van der Waals surface area contributed by atoms with Crippen LogP contribution in [0, 0.1) is 20.8 Å². The van der Waals surface area contributed by atoms with E-state index in [2.05, 4.69) is 30.5 Å². The summed E-state index contributed by atoms with van der Waals surface area (Å²) in [5, 5.41) is 0.747. The number of halogens is 1. The molecule has 0 amide bonds. The molecule has 0 unspecified atom stereocenters. The van der Waals surface area contributed by atoms with Crippen molar-refractivity contribution >= 4 is 11.6 Å². The summed E-state index contributed by atoms with van der Waals surface area (Å²) >= 11 is 5.91. The Labute approximate surface area is 113 Å². The number of rotatable bonds is 4. The van der Waals surface area contributed by atoms with Gasteiger partial charge in [-0.15, -0.1) is 0 Å². The van der Waals surface area contributed by atoms with Crippen molar-refractivity contribution in [3.63, 3.8) is 0 Å². The van der Waals surface area contributed by atoms with E-state index in [9.17, 15) is 0 Å². The van der Waals surface area contributed by atoms with E-state index in [1.165, 1.54) is 11.4 Å². The Morgan fingerprint density at radius 1 is 1.06 bits per heavy atom. The summed E-state index contributed by atoms with van der Waals surface area (Å²) in [6, 6.07) is 9.96. The zero-order valence-electron chi connectivity index (χ0n) is 11.0. The summed E-state index contributed by atoms with van der Waals surface area (Å²) in [5.74, 6) is 0.905. The second kappa shape index (κ2) is 5.49. The zero-order valence-corrected chi connectivity index (χ0v) is 11.8. The number of hydrogen-bond donors (Lipinski definition) is 0. The SMILES string of the molecule is Cc1cc(Cl)ccc1OCCn1c(C)ccc1C. The van der Waals surface area contributed by atoms with E-state index in [1.807, 2.05) is 25.1 Å². The molecule has 1 heterocycles. The summed E-state index contributed by atoms with van der Waals surface area (Å²) in [7, 11) is 0. The lowest BCUT2D eigenvalue weighted by molar-refractivity contribution is 0.294. The zero-order chi connectivity index (χ0) is 13.1. The number of hydrogen-bond acceptors (Lipinski definition) is 1. The van der Waals surface area contributed by atoms with Gasteiger partial charge in [0.1, 0.15) is 12.4 Å². The van der Waals surface area contributed by atoms with Crippen molar-refractivity contribution in [3.05, 3.63) is 52.3 Å². The van der Waals surface area contributed by atoms with Gasteiger partial charge in [0.15, 0.2) is 0 Å². The summed E-state index contributed by atoms with van der Waals surface area (Å²) in [6.07, 6.45) is 0. The smallest absolute Gasteiger partial charge is 0.122 e. The maximum Gasteiger partial charge on any atom is 0.122 e. The number of ether oxygens (including phenoxy) is 1. The third kappa shape index (κ3) is 2.88. The Morgan fingerprint density at radius 3 is 2.33 bits per heavy atom. The van der Waals surface area contributed by atoms with Crippen molar-refractivity contribution in [1.82, 2.24) is 4.57 Å². The van der Waals surface area contributed by atoms with Crippen molar-refractivity contribution in [2.24, 2.45) is 0 Å². The van der Waals surface area contributed by atoms with Crippen LogP contribution < -0.4 is 4.74 Å². The molecule has 0 radical (unpaired) electrons. The molecule has 3 heteroatoms. The second-order valence-electron chi connectivity index (χ2n) is 4.53. The predicted molar refractivity (Wildman–Crippen MR) is 75.6 cm³/mol. The van der Waals surface area contributed by atoms with Crippen molar-refractivity contribution < 1.29 is 4.74 Å². The molecule has 0 spiro atoms. The first-order valence-electron chi connectivity index (χ1n) is 6.09. The molecule has 0 N–H and O–H groups in total. The van der Waals surface area contributed by atoms with Crippen molar-refractivity contribution in [2.45, 2.75) is 27.3 Å². The van der Waals surface area contributed by atoms with Crippen LogP contribution in [0.15, 0.2) is 30.3 Å². The lowest BCUT2D eigenvalue weighted by atomic mass is 10.2. The maximum atomic E-state index is 5.91. The first kappa shape index (κ1) is 13.0. The highest BCUT2D eigenvalue weighted by molar-refractivity contribution is 6.30. The van der Waals surface area contributed by atoms with E-state index in [0.717, 1.165) is 22.9 Å². The van der Waals surface area contributed by atoms with E-state index in [1.54, 1.807) is 0 Å². The van der Waals surface area contributed by atoms with Crippen LogP contribution in [0.3, 0.4) is 0 Å². The molecule has 0 aliphatic carbocycles. The average Bonchev–Trinajstić information content (AvgIpc) is 2.63. The van der Waals surface area contributed by atoms with E-state index in [0.29, 0.717) is 6.61 Å². The highest BCUT2D eigenvalue weighted by Gasteiger charge is 2.03. The van der Waals surface area contributed by atoms with Gasteiger partial charge in [-0.2, -0.15) is 0 Å². The van der Waals surface area contributed by atoms with E-state index in [-0.39, 0.29) is 0 Å². The molecule has 0 aliphatic heterocycles. The Morgan fingerprint density at radius 2 is 1.72 bits per heavy atom. The Kier molecular flexibility index (Phi) is 3.97. The molecular formula is C15H18ClNO. The first-order valence-corrected chi connectivity index (χ1v) is 6.47. The largest absolute Gasteiger partial charge is 0.491 e. The molecule has 0 saturated carbocycles. The molecule has 2 aromatic rings. The molecular weight excluding hydrogens is 246 g/mol. The molecule has 1 aromatic carbocycles. The first-order chi connectivity index (χ1) is 8.58. The molecule has 2 rings (SSSR count). The van der Waals surface area contributed by atoms with Crippen LogP contribution >= 0.6 is 11.6 Å². The standard InChI is InChI=1S/C15H18ClNO/c1-11-10-14(16)6-7-15(11)18-9-8-17-12(2)4-5-13(17)3/h4-7,10H,8-9H2,1-3H3. The summed E-state index contributed by atoms with van der Waals surface area (Å²) in [5.41, 5.74) is 3.61. The molecule has 0 aliphatic rings. The van der Waals surface area contributed by atoms with E-state index < -0.39 is 0 Å². The normalized spacial score (nSPS) is 10.7. The fourth-order valence-corrected chi connectivity index (χ4v) is 2.30. The Balaban J connectivity index is 1.96. The van der Waals surface area contributed by atoms with Gasteiger partial charge in [0.25, 0.3) is 0 Å². The van der Waals surface area contributed by atoms with Gasteiger partial charge in [-0.3, -0.25) is 0 Å². The van der Waals surface area contributed by atoms with Crippen LogP contribution in [-0.4, -0.2) is 11.2 Å². The fraction of sp³-hybridized carbons (Fsp3) is 0.333. The van der Waals surface area contributed by atoms with Crippen LogP contribution in [0.1, 0.15) is 17.0 Å². The van der Waals surface area contributed by atoms with Gasteiger partial charge in [0.2, 0.25) is 0 Å². The van der Waals surface area contributed by atoms with Crippen LogP contribution in [-0.2, 0) is 6.54 Å². The van der Waals surface area contributed by atoms with Gasteiger partial charge < -0.3 is 9.30 Å². The molecule has 0 atom stereocenters. The van der Waals surface area contributed by atoms with Crippen molar-refractivity contribution in [1.29, 1.82) is 0 Å². The molecule has 0 fully saturated rings. The molecule has 2 nitrogen and oxygen atoms in total. The van der Waals surface area contributed by atoms with Crippen LogP contribution in [0.25, 0.3) is 0 Å². The fourth-order valence-electron chi connectivity index (χ4n) is 2.07. The summed E-state index contributed by atoms with van der Waals surface area (Å²) in [4.78, 5) is 0. The van der Waals surface area contributed by atoms with Crippen LogP contribution in [0.5, 0.6) is 5.75 Å². The molecule has 96 valence electrons. The van der Waals surface area contributed by atoms with Crippen molar-refractivity contribution in [2.75, 3.05) is 6.61 Å². The van der Waals surface area contributed by atoms with Gasteiger partial charge >= 0.3 is 0 Å². The average molecular weight is 264 g/mol. The van der Waals surface area contributed by atoms with E-state index >= 15 is 0 Å². The summed E-state index contributed by atoms with van der Waals surface area (Å²) < 4.78 is 8.05. The number of benzene rings is 1. The van der Waals surface area contributed by atoms with Crippen LogP contribution in [0.2, 0.25) is 5.02 Å². The van der Waals surface area contributed by atoms with Gasteiger partial charge in [0, 0.05) is 16.4 Å². The third-order valence-corrected chi connectivity index (χ3v) is 3.36. The topological polar surface area (TPSA) is 14.2 Å². The molecule has 1 aromatic heterocycles. The molecule has 18 heavy (non-hydrogen) atoms.